The Morgan fingerprint density at radius 3 is 2.94 bits per heavy atom. The number of pyridine rings is 1. The zero-order valence-corrected chi connectivity index (χ0v) is 11.0. The van der Waals surface area contributed by atoms with Gasteiger partial charge < -0.3 is 11.1 Å². The van der Waals surface area contributed by atoms with Gasteiger partial charge in [0, 0.05) is 17.8 Å². The van der Waals surface area contributed by atoms with Crippen LogP contribution in [-0.2, 0) is 0 Å². The Morgan fingerprint density at radius 1 is 1.50 bits per heavy atom. The molecule has 0 fully saturated rings. The first-order valence-electron chi connectivity index (χ1n) is 4.73. The Balaban J connectivity index is 2.21. The third-order valence-corrected chi connectivity index (χ3v) is 3.67. The highest BCUT2D eigenvalue weighted by Crippen LogP contribution is 2.30. The van der Waals surface area contributed by atoms with Crippen molar-refractivity contribution < 1.29 is 0 Å². The molecule has 2 aromatic rings. The van der Waals surface area contributed by atoms with Gasteiger partial charge in [-0.2, -0.15) is 0 Å². The average Bonchev–Trinajstić information content (AvgIpc) is 2.76. The van der Waals surface area contributed by atoms with E-state index in [-0.39, 0.29) is 6.04 Å². The lowest BCUT2D eigenvalue weighted by Gasteiger charge is -2.15. The van der Waals surface area contributed by atoms with Crippen molar-refractivity contribution in [3.05, 3.63) is 33.5 Å². The molecule has 2 rings (SSSR count). The fourth-order valence-corrected chi connectivity index (χ4v) is 2.44. The van der Waals surface area contributed by atoms with Crippen molar-refractivity contribution in [2.75, 3.05) is 11.1 Å². The molecule has 0 radical (unpaired) electrons. The van der Waals surface area contributed by atoms with Gasteiger partial charge in [-0.15, -0.1) is 11.3 Å². The smallest absolute Gasteiger partial charge is 0.115 e. The molecular weight excluding hydrogens is 288 g/mol. The maximum Gasteiger partial charge on any atom is 0.115 e. The van der Waals surface area contributed by atoms with Gasteiger partial charge in [0.25, 0.3) is 0 Å². The number of thiazole rings is 1. The maximum atomic E-state index is 5.85. The minimum absolute atomic E-state index is 0.126. The molecule has 1 unspecified atom stereocenters. The summed E-state index contributed by atoms with van der Waals surface area (Å²) in [5, 5.41) is 6.30. The highest BCUT2D eigenvalue weighted by Gasteiger charge is 2.11. The average molecular weight is 299 g/mol. The molecule has 2 heterocycles. The molecule has 0 bridgehead atoms. The lowest BCUT2D eigenvalue weighted by atomic mass is 10.3. The fourth-order valence-electron chi connectivity index (χ4n) is 1.33. The van der Waals surface area contributed by atoms with E-state index in [2.05, 4.69) is 31.2 Å². The van der Waals surface area contributed by atoms with Gasteiger partial charge in [0.1, 0.15) is 5.01 Å². The second-order valence-corrected chi connectivity index (χ2v) is 5.10. The van der Waals surface area contributed by atoms with Crippen LogP contribution in [0.15, 0.2) is 28.4 Å². The minimum Gasteiger partial charge on any atom is -0.396 e. The zero-order chi connectivity index (χ0) is 11.5. The van der Waals surface area contributed by atoms with Crippen LogP contribution < -0.4 is 11.1 Å². The van der Waals surface area contributed by atoms with Gasteiger partial charge in [-0.1, -0.05) is 0 Å². The number of nitrogen functional groups attached to an aromatic ring is 1. The normalized spacial score (nSPS) is 12.4. The number of nitrogens with two attached hydrogens (primary N) is 1. The summed E-state index contributed by atoms with van der Waals surface area (Å²) in [5.74, 6) is 0. The SMILES string of the molecule is CC(Nc1c(N)cncc1Br)c1nccs1. The Labute approximate surface area is 106 Å². The molecule has 84 valence electrons. The monoisotopic (exact) mass is 298 g/mol. The molecule has 0 aliphatic rings. The third kappa shape index (κ3) is 2.33. The molecule has 0 saturated heterocycles. The number of aromatic nitrogens is 2. The number of halogens is 1. The highest BCUT2D eigenvalue weighted by atomic mass is 79.9. The Kier molecular flexibility index (Phi) is 3.40. The van der Waals surface area contributed by atoms with Crippen molar-refractivity contribution >= 4 is 38.6 Å². The van der Waals surface area contributed by atoms with Gasteiger partial charge in [0.2, 0.25) is 0 Å². The molecule has 0 spiro atoms. The summed E-state index contributed by atoms with van der Waals surface area (Å²) >= 11 is 5.03. The number of nitrogens with one attached hydrogen (secondary N) is 1. The summed E-state index contributed by atoms with van der Waals surface area (Å²) in [4.78, 5) is 8.25. The van der Waals surface area contributed by atoms with E-state index in [1.807, 2.05) is 12.3 Å². The predicted molar refractivity (Wildman–Crippen MR) is 70.5 cm³/mol. The Morgan fingerprint density at radius 2 is 2.31 bits per heavy atom. The van der Waals surface area contributed by atoms with Crippen LogP contribution in [0.4, 0.5) is 11.4 Å². The van der Waals surface area contributed by atoms with Crippen molar-refractivity contribution in [3.63, 3.8) is 0 Å². The molecule has 0 aromatic carbocycles. The van der Waals surface area contributed by atoms with Crippen LogP contribution in [0.1, 0.15) is 18.0 Å². The van der Waals surface area contributed by atoms with Crippen LogP contribution in [0.5, 0.6) is 0 Å². The standard InChI is InChI=1S/C10H11BrN4S/c1-6(10-14-2-3-16-10)15-9-7(11)4-13-5-8(9)12/h2-6H,12H2,1H3,(H,13,15). The zero-order valence-electron chi connectivity index (χ0n) is 8.64. The van der Waals surface area contributed by atoms with Gasteiger partial charge in [-0.25, -0.2) is 4.98 Å². The van der Waals surface area contributed by atoms with E-state index in [1.54, 1.807) is 29.9 Å². The van der Waals surface area contributed by atoms with Crippen molar-refractivity contribution in [2.24, 2.45) is 0 Å². The van der Waals surface area contributed by atoms with Gasteiger partial charge in [0.05, 0.1) is 28.1 Å². The lowest BCUT2D eigenvalue weighted by molar-refractivity contribution is 0.868. The van der Waals surface area contributed by atoms with E-state index < -0.39 is 0 Å². The molecule has 2 aromatic heterocycles. The van der Waals surface area contributed by atoms with E-state index in [4.69, 9.17) is 5.73 Å². The van der Waals surface area contributed by atoms with Crippen LogP contribution in [-0.4, -0.2) is 9.97 Å². The van der Waals surface area contributed by atoms with Crippen LogP contribution in [0, 0.1) is 0 Å². The molecule has 1 atom stereocenters. The molecule has 16 heavy (non-hydrogen) atoms. The Hall–Kier alpha value is -1.14. The summed E-state index contributed by atoms with van der Waals surface area (Å²) in [6.07, 6.45) is 5.14. The summed E-state index contributed by atoms with van der Waals surface area (Å²) in [7, 11) is 0. The van der Waals surface area contributed by atoms with Crippen LogP contribution in [0.2, 0.25) is 0 Å². The Bertz CT molecular complexity index is 451. The molecular formula is C10H11BrN4S. The number of nitrogens with zero attached hydrogens (tertiary/aromatic N) is 2. The van der Waals surface area contributed by atoms with Gasteiger partial charge in [-0.3, -0.25) is 4.98 Å². The summed E-state index contributed by atoms with van der Waals surface area (Å²) in [6, 6.07) is 0.126. The van der Waals surface area contributed by atoms with Gasteiger partial charge in [0.15, 0.2) is 0 Å². The lowest BCUT2D eigenvalue weighted by Crippen LogP contribution is -2.08. The van der Waals surface area contributed by atoms with Crippen LogP contribution >= 0.6 is 27.3 Å². The van der Waals surface area contributed by atoms with E-state index in [0.717, 1.165) is 15.2 Å². The van der Waals surface area contributed by atoms with Crippen molar-refractivity contribution in [2.45, 2.75) is 13.0 Å². The summed E-state index contributed by atoms with van der Waals surface area (Å²) < 4.78 is 0.857. The van der Waals surface area contributed by atoms with Crippen molar-refractivity contribution in [1.82, 2.24) is 9.97 Å². The highest BCUT2D eigenvalue weighted by molar-refractivity contribution is 9.10. The molecule has 0 amide bonds. The first kappa shape index (κ1) is 11.3. The van der Waals surface area contributed by atoms with Crippen LogP contribution in [0.3, 0.4) is 0 Å². The van der Waals surface area contributed by atoms with Crippen molar-refractivity contribution in [1.29, 1.82) is 0 Å². The quantitative estimate of drug-likeness (QED) is 0.914. The molecule has 3 N–H and O–H groups in total. The van der Waals surface area contributed by atoms with E-state index in [0.29, 0.717) is 5.69 Å². The first-order chi connectivity index (χ1) is 7.68. The number of hydrogen-bond acceptors (Lipinski definition) is 5. The van der Waals surface area contributed by atoms with E-state index in [1.165, 1.54) is 0 Å². The minimum atomic E-state index is 0.126. The van der Waals surface area contributed by atoms with Crippen LogP contribution in [0.25, 0.3) is 0 Å². The molecule has 0 saturated carbocycles. The van der Waals surface area contributed by atoms with Gasteiger partial charge in [-0.05, 0) is 22.9 Å². The predicted octanol–water partition coefficient (Wildman–Crippen LogP) is 3.06. The van der Waals surface area contributed by atoms with Gasteiger partial charge >= 0.3 is 0 Å². The number of rotatable bonds is 3. The largest absolute Gasteiger partial charge is 0.396 e. The summed E-state index contributed by atoms with van der Waals surface area (Å²) in [6.45, 7) is 2.05. The maximum absolute atomic E-state index is 5.85. The first-order valence-corrected chi connectivity index (χ1v) is 6.40. The molecule has 0 aliphatic carbocycles. The molecule has 0 aliphatic heterocycles. The second-order valence-electron chi connectivity index (χ2n) is 3.32. The number of hydrogen-bond donors (Lipinski definition) is 2. The molecule has 4 nitrogen and oxygen atoms in total. The topological polar surface area (TPSA) is 63.8 Å². The third-order valence-electron chi connectivity index (χ3n) is 2.11. The second kappa shape index (κ2) is 4.80. The molecule has 6 heteroatoms. The van der Waals surface area contributed by atoms with E-state index >= 15 is 0 Å². The summed E-state index contributed by atoms with van der Waals surface area (Å²) in [5.41, 5.74) is 7.33. The number of anilines is 2. The fraction of sp³-hybridized carbons (Fsp3) is 0.200. The van der Waals surface area contributed by atoms with Crippen molar-refractivity contribution in [3.8, 4) is 0 Å². The van der Waals surface area contributed by atoms with E-state index in [9.17, 15) is 0 Å².